The van der Waals surface area contributed by atoms with E-state index in [1.807, 2.05) is 0 Å². The number of hydrogen-bond donors (Lipinski definition) is 2. The normalized spacial score (nSPS) is 21.9. The Bertz CT molecular complexity index is 764. The van der Waals surface area contributed by atoms with Crippen LogP contribution in [0.15, 0.2) is 12.1 Å². The van der Waals surface area contributed by atoms with Crippen LogP contribution in [0.5, 0.6) is 0 Å². The predicted octanol–water partition coefficient (Wildman–Crippen LogP) is 3.62. The van der Waals surface area contributed by atoms with E-state index in [-0.39, 0.29) is 22.8 Å². The fourth-order valence-corrected chi connectivity index (χ4v) is 4.07. The van der Waals surface area contributed by atoms with Crippen LogP contribution in [-0.2, 0) is 6.18 Å². The largest absolute Gasteiger partial charge is 0.433 e. The number of fused-ring (bicyclic) bond motifs is 1. The molecule has 0 bridgehead atoms. The Morgan fingerprint density at radius 2 is 1.96 bits per heavy atom. The number of aryl methyl sites for hydroxylation is 1. The number of pyridine rings is 1. The Kier molecular flexibility index (Phi) is 4.52. The van der Waals surface area contributed by atoms with Crippen molar-refractivity contribution in [3.63, 3.8) is 0 Å². The van der Waals surface area contributed by atoms with E-state index in [1.165, 1.54) is 6.07 Å². The highest BCUT2D eigenvalue weighted by molar-refractivity contribution is 7.20. The molecule has 3 N–H and O–H groups in total. The lowest BCUT2D eigenvalue weighted by molar-refractivity contribution is -0.140. The maximum absolute atomic E-state index is 12.8. The highest BCUT2D eigenvalue weighted by Gasteiger charge is 2.33. The molecule has 4 nitrogen and oxygen atoms in total. The molecule has 0 aromatic carbocycles. The maximum Gasteiger partial charge on any atom is 0.433 e. The van der Waals surface area contributed by atoms with E-state index in [1.54, 1.807) is 6.92 Å². The molecule has 0 unspecified atom stereocenters. The van der Waals surface area contributed by atoms with Crippen molar-refractivity contribution in [2.45, 2.75) is 50.9 Å². The number of hydrogen-bond acceptors (Lipinski definition) is 4. The minimum absolute atomic E-state index is 0.0700. The van der Waals surface area contributed by atoms with E-state index in [0.717, 1.165) is 43.1 Å². The first-order chi connectivity index (χ1) is 11.3. The molecule has 3 rings (SSSR count). The van der Waals surface area contributed by atoms with Crippen molar-refractivity contribution in [1.29, 1.82) is 0 Å². The highest BCUT2D eigenvalue weighted by Crippen LogP contribution is 2.34. The minimum Gasteiger partial charge on any atom is -0.349 e. The van der Waals surface area contributed by atoms with E-state index in [4.69, 9.17) is 5.73 Å². The lowest BCUT2D eigenvalue weighted by Crippen LogP contribution is -2.40. The zero-order valence-corrected chi connectivity index (χ0v) is 13.9. The Hall–Kier alpha value is -1.67. The van der Waals surface area contributed by atoms with E-state index in [0.29, 0.717) is 15.8 Å². The van der Waals surface area contributed by atoms with Crippen LogP contribution in [0.4, 0.5) is 13.2 Å². The molecule has 1 amide bonds. The van der Waals surface area contributed by atoms with Gasteiger partial charge in [0.05, 0.1) is 4.88 Å². The second-order valence-corrected chi connectivity index (χ2v) is 7.19. The summed E-state index contributed by atoms with van der Waals surface area (Å²) in [6.07, 6.45) is -1.10. The van der Waals surface area contributed by atoms with Gasteiger partial charge in [-0.2, -0.15) is 13.2 Å². The number of aromatic nitrogens is 1. The van der Waals surface area contributed by atoms with Gasteiger partial charge in [0, 0.05) is 17.5 Å². The van der Waals surface area contributed by atoms with Gasteiger partial charge in [0.1, 0.15) is 10.5 Å². The SMILES string of the molecule is Cc1c(C(=O)NC2CCC(N)CC2)sc2nc(C(F)(F)F)ccc12. The van der Waals surface area contributed by atoms with Crippen molar-refractivity contribution >= 4 is 27.5 Å². The van der Waals surface area contributed by atoms with Gasteiger partial charge < -0.3 is 11.1 Å². The number of nitrogens with two attached hydrogens (primary N) is 1. The van der Waals surface area contributed by atoms with Crippen molar-refractivity contribution < 1.29 is 18.0 Å². The number of amides is 1. The maximum atomic E-state index is 12.8. The lowest BCUT2D eigenvalue weighted by Gasteiger charge is -2.26. The molecule has 1 fully saturated rings. The van der Waals surface area contributed by atoms with Crippen molar-refractivity contribution in [2.24, 2.45) is 5.73 Å². The number of halogens is 3. The summed E-state index contributed by atoms with van der Waals surface area (Å²) in [5, 5.41) is 3.56. The van der Waals surface area contributed by atoms with E-state index in [9.17, 15) is 18.0 Å². The number of alkyl halides is 3. The van der Waals surface area contributed by atoms with Crippen molar-refractivity contribution in [1.82, 2.24) is 10.3 Å². The Morgan fingerprint density at radius 1 is 1.29 bits per heavy atom. The van der Waals surface area contributed by atoms with Crippen LogP contribution < -0.4 is 11.1 Å². The van der Waals surface area contributed by atoms with Crippen LogP contribution in [0.2, 0.25) is 0 Å². The molecule has 0 aliphatic heterocycles. The molecule has 0 saturated heterocycles. The summed E-state index contributed by atoms with van der Waals surface area (Å²) >= 11 is 1.00. The summed E-state index contributed by atoms with van der Waals surface area (Å²) in [7, 11) is 0. The van der Waals surface area contributed by atoms with Gasteiger partial charge in [0.15, 0.2) is 0 Å². The summed E-state index contributed by atoms with van der Waals surface area (Å²) in [6, 6.07) is 2.59. The molecule has 2 aromatic rings. The highest BCUT2D eigenvalue weighted by atomic mass is 32.1. The summed E-state index contributed by atoms with van der Waals surface area (Å²) < 4.78 is 38.3. The molecule has 2 aromatic heterocycles. The first-order valence-electron chi connectivity index (χ1n) is 7.79. The van der Waals surface area contributed by atoms with Crippen molar-refractivity contribution in [2.75, 3.05) is 0 Å². The minimum atomic E-state index is -4.49. The lowest BCUT2D eigenvalue weighted by atomic mass is 9.92. The fourth-order valence-electron chi connectivity index (χ4n) is 2.99. The Morgan fingerprint density at radius 3 is 2.58 bits per heavy atom. The predicted molar refractivity (Wildman–Crippen MR) is 87.1 cm³/mol. The zero-order chi connectivity index (χ0) is 17.5. The van der Waals surface area contributed by atoms with Crippen LogP contribution in [0.25, 0.3) is 10.2 Å². The molecular weight excluding hydrogens is 339 g/mol. The van der Waals surface area contributed by atoms with Crippen molar-refractivity contribution in [3.8, 4) is 0 Å². The van der Waals surface area contributed by atoms with Gasteiger partial charge in [-0.05, 0) is 50.3 Å². The number of nitrogens with zero attached hydrogens (tertiary/aromatic N) is 1. The Labute approximate surface area is 141 Å². The summed E-state index contributed by atoms with van der Waals surface area (Å²) in [4.78, 5) is 16.8. The van der Waals surface area contributed by atoms with Crippen LogP contribution in [-0.4, -0.2) is 23.0 Å². The zero-order valence-electron chi connectivity index (χ0n) is 13.1. The fraction of sp³-hybridized carbons (Fsp3) is 0.500. The first-order valence-corrected chi connectivity index (χ1v) is 8.61. The molecule has 0 spiro atoms. The summed E-state index contributed by atoms with van der Waals surface area (Å²) in [5.41, 5.74) is 5.58. The molecule has 130 valence electrons. The van der Waals surface area contributed by atoms with Gasteiger partial charge in [-0.25, -0.2) is 4.98 Å². The summed E-state index contributed by atoms with van der Waals surface area (Å²) in [5.74, 6) is -0.246. The van der Waals surface area contributed by atoms with Gasteiger partial charge >= 0.3 is 6.18 Å². The van der Waals surface area contributed by atoms with E-state index < -0.39 is 11.9 Å². The first kappa shape index (κ1) is 17.2. The average molecular weight is 357 g/mol. The molecule has 1 saturated carbocycles. The van der Waals surface area contributed by atoms with Gasteiger partial charge in [-0.3, -0.25) is 4.79 Å². The number of rotatable bonds is 2. The standard InChI is InChI=1S/C16H18F3N3OS/c1-8-11-6-7-12(16(17,18)19)22-15(11)24-13(8)14(23)21-10-4-2-9(20)3-5-10/h6-7,9-10H,2-5,20H2,1H3,(H,21,23). The van der Waals surface area contributed by atoms with Crippen LogP contribution >= 0.6 is 11.3 Å². The van der Waals surface area contributed by atoms with E-state index >= 15 is 0 Å². The number of nitrogens with one attached hydrogen (secondary N) is 1. The molecule has 1 aliphatic carbocycles. The second-order valence-electron chi connectivity index (χ2n) is 6.19. The topological polar surface area (TPSA) is 68.0 Å². The van der Waals surface area contributed by atoms with E-state index in [2.05, 4.69) is 10.3 Å². The van der Waals surface area contributed by atoms with Gasteiger partial charge in [0.2, 0.25) is 0 Å². The monoisotopic (exact) mass is 357 g/mol. The molecule has 0 radical (unpaired) electrons. The van der Waals surface area contributed by atoms with Crippen LogP contribution in [0, 0.1) is 6.92 Å². The average Bonchev–Trinajstić information content (AvgIpc) is 2.85. The van der Waals surface area contributed by atoms with Crippen LogP contribution in [0.1, 0.15) is 46.6 Å². The molecule has 1 aliphatic rings. The number of carbonyl (C=O) groups is 1. The Balaban J connectivity index is 1.84. The van der Waals surface area contributed by atoms with Crippen LogP contribution in [0.3, 0.4) is 0 Å². The molecule has 24 heavy (non-hydrogen) atoms. The molecule has 0 atom stereocenters. The molecule has 8 heteroatoms. The van der Waals surface area contributed by atoms with Gasteiger partial charge in [-0.1, -0.05) is 0 Å². The van der Waals surface area contributed by atoms with Gasteiger partial charge in [0.25, 0.3) is 5.91 Å². The number of carbonyl (C=O) groups excluding carboxylic acids is 1. The number of thiophene rings is 1. The third-order valence-corrected chi connectivity index (χ3v) is 5.61. The summed E-state index contributed by atoms with van der Waals surface area (Å²) in [6.45, 7) is 1.74. The molecule has 2 heterocycles. The smallest absolute Gasteiger partial charge is 0.349 e. The van der Waals surface area contributed by atoms with Crippen molar-refractivity contribution in [3.05, 3.63) is 28.3 Å². The van der Waals surface area contributed by atoms with Gasteiger partial charge in [-0.15, -0.1) is 11.3 Å². The third kappa shape index (κ3) is 3.39. The third-order valence-electron chi connectivity index (χ3n) is 4.41. The second kappa shape index (κ2) is 6.33. The quantitative estimate of drug-likeness (QED) is 0.862. The molecular formula is C16H18F3N3OS.